The molecule has 1 fully saturated rings. The van der Waals surface area contributed by atoms with Crippen molar-refractivity contribution in [2.75, 3.05) is 23.9 Å². The third-order valence-corrected chi connectivity index (χ3v) is 6.38. The highest BCUT2D eigenvalue weighted by Crippen LogP contribution is 2.44. The van der Waals surface area contributed by atoms with E-state index in [-0.39, 0.29) is 24.6 Å². The largest absolute Gasteiger partial charge is 0.375 e. The molecule has 2 N–H and O–H groups in total. The number of hydrogen-bond acceptors (Lipinski definition) is 5. The van der Waals surface area contributed by atoms with Gasteiger partial charge in [-0.15, -0.1) is 11.3 Å². The van der Waals surface area contributed by atoms with Gasteiger partial charge in [0.15, 0.2) is 5.11 Å². The van der Waals surface area contributed by atoms with Crippen molar-refractivity contribution in [2.24, 2.45) is 0 Å². The van der Waals surface area contributed by atoms with Crippen molar-refractivity contribution in [2.45, 2.75) is 19.0 Å². The van der Waals surface area contributed by atoms with Gasteiger partial charge in [0.2, 0.25) is 5.91 Å². The van der Waals surface area contributed by atoms with Crippen LogP contribution >= 0.6 is 23.6 Å². The van der Waals surface area contributed by atoms with Crippen molar-refractivity contribution in [3.63, 3.8) is 0 Å². The molecule has 2 aromatic heterocycles. The van der Waals surface area contributed by atoms with Crippen LogP contribution in [0.5, 0.6) is 0 Å². The summed E-state index contributed by atoms with van der Waals surface area (Å²) in [5.41, 5.74) is 3.84. The number of anilines is 2. The van der Waals surface area contributed by atoms with Crippen LogP contribution in [-0.2, 0) is 9.53 Å². The maximum atomic E-state index is 11.8. The molecule has 3 aromatic rings. The van der Waals surface area contributed by atoms with Crippen LogP contribution in [0.2, 0.25) is 0 Å². The molecule has 1 saturated heterocycles. The Morgan fingerprint density at radius 1 is 1.27 bits per heavy atom. The average Bonchev–Trinajstić information content (AvgIpc) is 3.32. The zero-order chi connectivity index (χ0) is 21.1. The van der Waals surface area contributed by atoms with E-state index in [4.69, 9.17) is 17.0 Å². The van der Waals surface area contributed by atoms with Gasteiger partial charge in [0, 0.05) is 29.6 Å². The van der Waals surface area contributed by atoms with Gasteiger partial charge in [0.25, 0.3) is 0 Å². The summed E-state index contributed by atoms with van der Waals surface area (Å²) in [4.78, 5) is 19.7. The summed E-state index contributed by atoms with van der Waals surface area (Å²) < 4.78 is 4.86. The zero-order valence-corrected chi connectivity index (χ0v) is 18.3. The molecular weight excluding hydrogens is 416 g/mol. The third kappa shape index (κ3) is 4.07. The van der Waals surface area contributed by atoms with Crippen LogP contribution in [0.15, 0.2) is 60.1 Å². The van der Waals surface area contributed by atoms with E-state index in [1.165, 1.54) is 17.6 Å². The summed E-state index contributed by atoms with van der Waals surface area (Å²) in [5, 5.41) is 9.04. The Morgan fingerprint density at radius 2 is 2.07 bits per heavy atom. The summed E-state index contributed by atoms with van der Waals surface area (Å²) in [6, 6.07) is 15.7. The number of hydrogen-bond donors (Lipinski definition) is 2. The summed E-state index contributed by atoms with van der Waals surface area (Å²) in [6.07, 6.45) is 1.80. The van der Waals surface area contributed by atoms with Crippen LogP contribution < -0.4 is 15.5 Å². The molecule has 4 rings (SSSR count). The van der Waals surface area contributed by atoms with Crippen molar-refractivity contribution in [3.05, 3.63) is 76.2 Å². The van der Waals surface area contributed by atoms with E-state index in [1.807, 2.05) is 42.5 Å². The van der Waals surface area contributed by atoms with E-state index < -0.39 is 0 Å². The maximum Gasteiger partial charge on any atom is 0.250 e. The molecule has 1 aliphatic heterocycles. The van der Waals surface area contributed by atoms with Crippen LogP contribution in [0.25, 0.3) is 0 Å². The number of aromatic nitrogens is 1. The minimum absolute atomic E-state index is 0.0127. The fourth-order valence-electron chi connectivity index (χ4n) is 3.62. The lowest BCUT2D eigenvalue weighted by atomic mass is 10.0. The number of carbonyl (C=O) groups is 1. The maximum absolute atomic E-state index is 11.8. The van der Waals surface area contributed by atoms with E-state index in [9.17, 15) is 4.79 Å². The van der Waals surface area contributed by atoms with Crippen molar-refractivity contribution < 1.29 is 9.53 Å². The van der Waals surface area contributed by atoms with Crippen LogP contribution in [0.4, 0.5) is 11.4 Å². The number of ether oxygens (including phenoxy) is 1. The van der Waals surface area contributed by atoms with E-state index in [1.54, 1.807) is 17.5 Å². The molecule has 0 aliphatic carbocycles. The molecule has 0 bridgehead atoms. The molecule has 0 radical (unpaired) electrons. The van der Waals surface area contributed by atoms with E-state index in [0.29, 0.717) is 10.8 Å². The van der Waals surface area contributed by atoms with Crippen LogP contribution in [0.3, 0.4) is 0 Å². The molecule has 6 nitrogen and oxygen atoms in total. The van der Waals surface area contributed by atoms with Gasteiger partial charge < -0.3 is 20.3 Å². The summed E-state index contributed by atoms with van der Waals surface area (Å²) in [5.74, 6) is -0.189. The molecular formula is C22H22N4O2S2. The molecule has 30 heavy (non-hydrogen) atoms. The number of thiocarbonyl (C=S) groups is 1. The second kappa shape index (κ2) is 8.91. The minimum atomic E-state index is -0.189. The number of aryl methyl sites for hydroxylation is 1. The fourth-order valence-corrected chi connectivity index (χ4v) is 5.02. The standard InChI is InChI=1S/C22H22N4O2S2/c1-14-10-12-30-21(14)20-19(17-5-3-4-11-23-17)25-22(29)26(20)16-8-6-15(7-9-16)24-18(27)13-28-2/h3-12,19-20H,13H2,1-2H3,(H,24,27)(H,25,29). The van der Waals surface area contributed by atoms with Crippen molar-refractivity contribution >= 4 is 45.9 Å². The zero-order valence-electron chi connectivity index (χ0n) is 16.7. The summed E-state index contributed by atoms with van der Waals surface area (Å²) >= 11 is 7.46. The Kier molecular flexibility index (Phi) is 6.08. The van der Waals surface area contributed by atoms with E-state index >= 15 is 0 Å². The first-order valence-electron chi connectivity index (χ1n) is 9.52. The number of pyridine rings is 1. The fraction of sp³-hybridized carbons (Fsp3) is 0.227. The van der Waals surface area contributed by atoms with Crippen LogP contribution in [-0.4, -0.2) is 29.7 Å². The summed E-state index contributed by atoms with van der Waals surface area (Å²) in [6.45, 7) is 2.14. The second-order valence-corrected chi connectivity index (χ2v) is 8.33. The van der Waals surface area contributed by atoms with Gasteiger partial charge in [-0.1, -0.05) is 6.07 Å². The molecule has 3 heterocycles. The highest BCUT2D eigenvalue weighted by atomic mass is 32.1. The number of benzene rings is 1. The van der Waals surface area contributed by atoms with Gasteiger partial charge in [-0.2, -0.15) is 0 Å². The number of amides is 1. The molecule has 2 unspecified atom stereocenters. The first-order chi connectivity index (χ1) is 14.6. The van der Waals surface area contributed by atoms with Crippen molar-refractivity contribution in [3.8, 4) is 0 Å². The first kappa shape index (κ1) is 20.5. The Hall–Kier alpha value is -2.81. The first-order valence-corrected chi connectivity index (χ1v) is 10.8. The van der Waals surface area contributed by atoms with Gasteiger partial charge >= 0.3 is 0 Å². The minimum Gasteiger partial charge on any atom is -0.375 e. The highest BCUT2D eigenvalue weighted by Gasteiger charge is 2.41. The van der Waals surface area contributed by atoms with Crippen LogP contribution in [0, 0.1) is 6.92 Å². The molecule has 154 valence electrons. The normalized spacial score (nSPS) is 18.3. The van der Waals surface area contributed by atoms with Gasteiger partial charge in [-0.25, -0.2) is 0 Å². The highest BCUT2D eigenvalue weighted by molar-refractivity contribution is 7.80. The third-order valence-electron chi connectivity index (χ3n) is 4.97. The Balaban J connectivity index is 1.68. The van der Waals surface area contributed by atoms with Gasteiger partial charge in [0.1, 0.15) is 6.61 Å². The lowest BCUT2D eigenvalue weighted by Gasteiger charge is -2.27. The van der Waals surface area contributed by atoms with Gasteiger partial charge in [0.05, 0.1) is 17.8 Å². The lowest BCUT2D eigenvalue weighted by Crippen LogP contribution is -2.29. The van der Waals surface area contributed by atoms with Crippen LogP contribution in [0.1, 0.15) is 28.2 Å². The number of methoxy groups -OCH3 is 1. The monoisotopic (exact) mass is 438 g/mol. The van der Waals surface area contributed by atoms with E-state index in [2.05, 4.69) is 38.9 Å². The predicted octanol–water partition coefficient (Wildman–Crippen LogP) is 4.21. The molecule has 0 saturated carbocycles. The second-order valence-electron chi connectivity index (χ2n) is 6.99. The number of rotatable bonds is 6. The number of nitrogens with zero attached hydrogens (tertiary/aromatic N) is 2. The molecule has 2 atom stereocenters. The van der Waals surface area contributed by atoms with Gasteiger partial charge in [-0.3, -0.25) is 9.78 Å². The number of nitrogens with one attached hydrogen (secondary N) is 2. The summed E-state index contributed by atoms with van der Waals surface area (Å²) in [7, 11) is 1.49. The SMILES string of the molecule is COCC(=O)Nc1ccc(N2C(=S)NC(c3ccccn3)C2c2sccc2C)cc1. The molecule has 0 spiro atoms. The lowest BCUT2D eigenvalue weighted by molar-refractivity contribution is -0.119. The Bertz CT molecular complexity index is 1040. The Labute approximate surface area is 184 Å². The van der Waals surface area contributed by atoms with Crippen molar-refractivity contribution in [1.29, 1.82) is 0 Å². The molecule has 1 aliphatic rings. The number of thiophene rings is 1. The molecule has 8 heteroatoms. The number of carbonyl (C=O) groups excluding carboxylic acids is 1. The smallest absolute Gasteiger partial charge is 0.250 e. The Morgan fingerprint density at radius 3 is 2.70 bits per heavy atom. The van der Waals surface area contributed by atoms with Gasteiger partial charge in [-0.05, 0) is 72.5 Å². The molecule has 1 amide bonds. The molecule has 1 aromatic carbocycles. The average molecular weight is 439 g/mol. The topological polar surface area (TPSA) is 66.5 Å². The predicted molar refractivity (Wildman–Crippen MR) is 124 cm³/mol. The van der Waals surface area contributed by atoms with E-state index in [0.717, 1.165) is 11.4 Å². The quantitative estimate of drug-likeness (QED) is 0.562. The van der Waals surface area contributed by atoms with Crippen molar-refractivity contribution in [1.82, 2.24) is 10.3 Å².